The second kappa shape index (κ2) is 3.25. The van der Waals surface area contributed by atoms with Crippen molar-refractivity contribution >= 4 is 11.6 Å². The molecular formula is C11H11ClN2. The largest absolute Gasteiger partial charge is 0.239 e. The Balaban J connectivity index is 2.44. The summed E-state index contributed by atoms with van der Waals surface area (Å²) in [6.07, 6.45) is 1.19. The minimum atomic E-state index is 0.340. The van der Waals surface area contributed by atoms with E-state index in [1.807, 2.05) is 19.1 Å². The molecular weight excluding hydrogens is 196 g/mol. The third-order valence-corrected chi connectivity index (χ3v) is 3.07. The SMILES string of the molecule is Cc1cc(C#N)c(Cl)nc1C1CC1C. The number of aromatic nitrogens is 1. The van der Waals surface area contributed by atoms with Gasteiger partial charge in [0.25, 0.3) is 0 Å². The van der Waals surface area contributed by atoms with Gasteiger partial charge in [0, 0.05) is 11.6 Å². The van der Waals surface area contributed by atoms with Crippen molar-refractivity contribution in [1.29, 1.82) is 5.26 Å². The van der Waals surface area contributed by atoms with Crippen molar-refractivity contribution in [2.45, 2.75) is 26.2 Å². The van der Waals surface area contributed by atoms with E-state index < -0.39 is 0 Å². The number of nitrogens with zero attached hydrogens (tertiary/aromatic N) is 2. The predicted molar refractivity (Wildman–Crippen MR) is 55.2 cm³/mol. The second-order valence-corrected chi connectivity index (χ2v) is 4.32. The van der Waals surface area contributed by atoms with Gasteiger partial charge in [-0.3, -0.25) is 0 Å². The molecule has 1 aromatic heterocycles. The zero-order valence-electron chi connectivity index (χ0n) is 8.21. The van der Waals surface area contributed by atoms with Gasteiger partial charge in [0.1, 0.15) is 11.2 Å². The van der Waals surface area contributed by atoms with E-state index in [-0.39, 0.29) is 0 Å². The Labute approximate surface area is 88.5 Å². The lowest BCUT2D eigenvalue weighted by Crippen LogP contribution is -1.95. The molecule has 0 saturated heterocycles. The van der Waals surface area contributed by atoms with Crippen LogP contribution in [0.3, 0.4) is 0 Å². The Morgan fingerprint density at radius 1 is 1.64 bits per heavy atom. The molecule has 1 aliphatic rings. The first-order valence-corrected chi connectivity index (χ1v) is 5.08. The van der Waals surface area contributed by atoms with Crippen LogP contribution in [0.5, 0.6) is 0 Å². The minimum Gasteiger partial charge on any atom is -0.239 e. The van der Waals surface area contributed by atoms with Crippen LogP contribution >= 0.6 is 11.6 Å². The summed E-state index contributed by atoms with van der Waals surface area (Å²) in [5.74, 6) is 1.27. The van der Waals surface area contributed by atoms with Crippen LogP contribution in [0.4, 0.5) is 0 Å². The maximum Gasteiger partial charge on any atom is 0.147 e. The number of rotatable bonds is 1. The smallest absolute Gasteiger partial charge is 0.147 e. The Kier molecular flexibility index (Phi) is 2.20. The van der Waals surface area contributed by atoms with Gasteiger partial charge in [-0.25, -0.2) is 4.98 Å². The minimum absolute atomic E-state index is 0.340. The summed E-state index contributed by atoms with van der Waals surface area (Å²) in [5, 5.41) is 9.11. The van der Waals surface area contributed by atoms with Gasteiger partial charge >= 0.3 is 0 Å². The van der Waals surface area contributed by atoms with Gasteiger partial charge < -0.3 is 0 Å². The van der Waals surface area contributed by atoms with E-state index in [1.165, 1.54) is 6.42 Å². The molecule has 14 heavy (non-hydrogen) atoms. The number of hydrogen-bond donors (Lipinski definition) is 0. The van der Waals surface area contributed by atoms with Gasteiger partial charge in [-0.2, -0.15) is 5.26 Å². The van der Waals surface area contributed by atoms with Crippen molar-refractivity contribution in [1.82, 2.24) is 4.98 Å². The summed E-state index contributed by atoms with van der Waals surface area (Å²) >= 11 is 5.89. The number of hydrogen-bond acceptors (Lipinski definition) is 2. The third kappa shape index (κ3) is 1.49. The average molecular weight is 207 g/mol. The van der Waals surface area contributed by atoms with Crippen molar-refractivity contribution in [3.63, 3.8) is 0 Å². The normalized spacial score (nSPS) is 24.4. The van der Waals surface area contributed by atoms with Gasteiger partial charge in [0.05, 0.1) is 5.56 Å². The van der Waals surface area contributed by atoms with Gasteiger partial charge in [0.2, 0.25) is 0 Å². The highest BCUT2D eigenvalue weighted by atomic mass is 35.5. The van der Waals surface area contributed by atoms with Crippen molar-refractivity contribution in [3.8, 4) is 6.07 Å². The monoisotopic (exact) mass is 206 g/mol. The summed E-state index contributed by atoms with van der Waals surface area (Å²) in [4.78, 5) is 4.30. The van der Waals surface area contributed by atoms with Crippen LogP contribution in [-0.2, 0) is 0 Å². The summed E-state index contributed by atoms with van der Waals surface area (Å²) in [6.45, 7) is 4.20. The molecule has 2 unspecified atom stereocenters. The molecule has 1 aliphatic carbocycles. The predicted octanol–water partition coefficient (Wildman–Crippen LogP) is 3.04. The van der Waals surface area contributed by atoms with Crippen molar-refractivity contribution < 1.29 is 0 Å². The fourth-order valence-corrected chi connectivity index (χ4v) is 1.95. The van der Waals surface area contributed by atoms with E-state index in [0.717, 1.165) is 11.3 Å². The molecule has 0 N–H and O–H groups in total. The highest BCUT2D eigenvalue weighted by molar-refractivity contribution is 6.30. The standard InChI is InChI=1S/C11H11ClN2/c1-6-4-9(6)10-7(2)3-8(5-13)11(12)14-10/h3,6,9H,4H2,1-2H3. The van der Waals surface area contributed by atoms with Crippen molar-refractivity contribution in [3.05, 3.63) is 28.0 Å². The van der Waals surface area contributed by atoms with E-state index in [9.17, 15) is 0 Å². The van der Waals surface area contributed by atoms with Gasteiger partial charge in [-0.1, -0.05) is 18.5 Å². The summed E-state index contributed by atoms with van der Waals surface area (Å²) in [7, 11) is 0. The van der Waals surface area contributed by atoms with Gasteiger partial charge in [0.15, 0.2) is 0 Å². The lowest BCUT2D eigenvalue weighted by atomic mass is 10.1. The lowest BCUT2D eigenvalue weighted by Gasteiger charge is -2.05. The molecule has 1 fully saturated rings. The molecule has 0 aromatic carbocycles. The Morgan fingerprint density at radius 2 is 2.29 bits per heavy atom. The van der Waals surface area contributed by atoms with Crippen LogP contribution in [-0.4, -0.2) is 4.98 Å². The molecule has 0 aliphatic heterocycles. The van der Waals surface area contributed by atoms with Crippen LogP contribution in [0, 0.1) is 24.2 Å². The molecule has 1 aromatic rings. The van der Waals surface area contributed by atoms with E-state index in [2.05, 4.69) is 11.9 Å². The topological polar surface area (TPSA) is 36.7 Å². The Morgan fingerprint density at radius 3 is 2.79 bits per heavy atom. The fraction of sp³-hybridized carbons (Fsp3) is 0.455. The first-order chi connectivity index (χ1) is 6.63. The van der Waals surface area contributed by atoms with E-state index in [1.54, 1.807) is 0 Å². The van der Waals surface area contributed by atoms with Gasteiger partial charge in [-0.15, -0.1) is 0 Å². The number of nitriles is 1. The van der Waals surface area contributed by atoms with E-state index in [4.69, 9.17) is 16.9 Å². The Hall–Kier alpha value is -1.07. The molecule has 1 saturated carbocycles. The molecule has 2 rings (SSSR count). The molecule has 72 valence electrons. The molecule has 0 amide bonds. The molecule has 0 spiro atoms. The fourth-order valence-electron chi connectivity index (χ4n) is 1.76. The molecule has 3 heteroatoms. The quantitative estimate of drug-likeness (QED) is 0.663. The summed E-state index contributed by atoms with van der Waals surface area (Å²) in [6, 6.07) is 3.87. The van der Waals surface area contributed by atoms with Gasteiger partial charge in [-0.05, 0) is 30.9 Å². The number of aryl methyl sites for hydroxylation is 1. The average Bonchev–Trinajstić information content (AvgIpc) is 2.86. The van der Waals surface area contributed by atoms with Crippen molar-refractivity contribution in [2.75, 3.05) is 0 Å². The molecule has 2 atom stereocenters. The molecule has 1 heterocycles. The Bertz CT molecular complexity index is 420. The molecule has 0 bridgehead atoms. The summed E-state index contributed by atoms with van der Waals surface area (Å²) in [5.41, 5.74) is 2.63. The van der Waals surface area contributed by atoms with Crippen LogP contribution in [0.2, 0.25) is 5.15 Å². The maximum absolute atomic E-state index is 8.77. The van der Waals surface area contributed by atoms with Crippen LogP contribution in [0.25, 0.3) is 0 Å². The lowest BCUT2D eigenvalue weighted by molar-refractivity contribution is 0.875. The van der Waals surface area contributed by atoms with Crippen LogP contribution in [0.1, 0.15) is 36.1 Å². The highest BCUT2D eigenvalue weighted by Crippen LogP contribution is 2.47. The summed E-state index contributed by atoms with van der Waals surface area (Å²) < 4.78 is 0. The highest BCUT2D eigenvalue weighted by Gasteiger charge is 2.36. The number of pyridine rings is 1. The number of halogens is 1. The van der Waals surface area contributed by atoms with E-state index >= 15 is 0 Å². The zero-order valence-corrected chi connectivity index (χ0v) is 8.97. The molecule has 0 radical (unpaired) electrons. The zero-order chi connectivity index (χ0) is 10.3. The first-order valence-electron chi connectivity index (χ1n) is 4.70. The van der Waals surface area contributed by atoms with Crippen LogP contribution < -0.4 is 0 Å². The third-order valence-electron chi connectivity index (χ3n) is 2.79. The van der Waals surface area contributed by atoms with E-state index in [0.29, 0.717) is 22.6 Å². The first kappa shape index (κ1) is 9.48. The van der Waals surface area contributed by atoms with Crippen LogP contribution in [0.15, 0.2) is 6.07 Å². The maximum atomic E-state index is 8.77. The molecule has 2 nitrogen and oxygen atoms in total. The van der Waals surface area contributed by atoms with Crippen molar-refractivity contribution in [2.24, 2.45) is 5.92 Å². The second-order valence-electron chi connectivity index (χ2n) is 3.96.